The highest BCUT2D eigenvalue weighted by Gasteiger charge is 2.36. The minimum atomic E-state index is 0.101. The van der Waals surface area contributed by atoms with Gasteiger partial charge in [-0.05, 0) is 31.0 Å². The lowest BCUT2D eigenvalue weighted by molar-refractivity contribution is -0.0752. The zero-order valence-corrected chi connectivity index (χ0v) is 11.9. The summed E-state index contributed by atoms with van der Waals surface area (Å²) in [6.45, 7) is 1.34. The van der Waals surface area contributed by atoms with E-state index >= 15 is 0 Å². The van der Waals surface area contributed by atoms with Crippen molar-refractivity contribution in [3.05, 3.63) is 29.8 Å². The highest BCUT2D eigenvalue weighted by atomic mass is 16.5. The van der Waals surface area contributed by atoms with Crippen LogP contribution in [0.15, 0.2) is 24.3 Å². The van der Waals surface area contributed by atoms with Crippen molar-refractivity contribution < 1.29 is 14.3 Å². The first kappa shape index (κ1) is 13.4. The van der Waals surface area contributed by atoms with Crippen LogP contribution in [0.25, 0.3) is 0 Å². The molecule has 1 aliphatic heterocycles. The van der Waals surface area contributed by atoms with Gasteiger partial charge in [0.15, 0.2) is 0 Å². The number of morpholine rings is 1. The number of rotatable bonds is 2. The average molecular weight is 275 g/mol. The first-order valence-corrected chi connectivity index (χ1v) is 7.36. The molecular formula is C16H21NO3. The lowest BCUT2D eigenvalue weighted by atomic mass is 9.89. The fourth-order valence-electron chi connectivity index (χ4n) is 3.27. The van der Waals surface area contributed by atoms with Gasteiger partial charge in [0.25, 0.3) is 5.91 Å². The molecule has 1 aromatic carbocycles. The van der Waals surface area contributed by atoms with Crippen LogP contribution >= 0.6 is 0 Å². The molecule has 0 aromatic heterocycles. The predicted molar refractivity (Wildman–Crippen MR) is 76.0 cm³/mol. The molecule has 2 atom stereocenters. The van der Waals surface area contributed by atoms with Gasteiger partial charge in [0.05, 0.1) is 25.9 Å². The van der Waals surface area contributed by atoms with Crippen LogP contribution < -0.4 is 4.74 Å². The number of carbonyl (C=O) groups is 1. The van der Waals surface area contributed by atoms with Crippen molar-refractivity contribution in [3.63, 3.8) is 0 Å². The number of hydrogen-bond acceptors (Lipinski definition) is 3. The number of hydrogen-bond donors (Lipinski definition) is 0. The Morgan fingerprint density at radius 1 is 1.35 bits per heavy atom. The number of ether oxygens (including phenoxy) is 2. The minimum absolute atomic E-state index is 0.101. The van der Waals surface area contributed by atoms with E-state index in [1.165, 1.54) is 12.8 Å². The standard InChI is InChI=1S/C16H21NO3/c1-19-13-6-4-5-12(11-13)16(18)17-9-10-20-15-8-3-2-7-14(15)17/h4-6,11,14-15H,2-3,7-10H2,1H3/t14-,15-/m1/s1. The van der Waals surface area contributed by atoms with E-state index in [4.69, 9.17) is 9.47 Å². The summed E-state index contributed by atoms with van der Waals surface area (Å²) in [4.78, 5) is 14.7. The maximum atomic E-state index is 12.7. The van der Waals surface area contributed by atoms with Crippen LogP contribution in [0.5, 0.6) is 5.75 Å². The molecule has 0 radical (unpaired) electrons. The Morgan fingerprint density at radius 2 is 2.20 bits per heavy atom. The maximum Gasteiger partial charge on any atom is 0.254 e. The lowest BCUT2D eigenvalue weighted by Crippen LogP contribution is -2.54. The molecule has 1 heterocycles. The summed E-state index contributed by atoms with van der Waals surface area (Å²) in [5.74, 6) is 0.827. The molecule has 0 spiro atoms. The molecule has 108 valence electrons. The second kappa shape index (κ2) is 5.83. The van der Waals surface area contributed by atoms with Crippen molar-refractivity contribution in [2.24, 2.45) is 0 Å². The summed E-state index contributed by atoms with van der Waals surface area (Å²) in [7, 11) is 1.62. The molecule has 4 heteroatoms. The van der Waals surface area contributed by atoms with E-state index in [2.05, 4.69) is 0 Å². The predicted octanol–water partition coefficient (Wildman–Crippen LogP) is 2.48. The third-order valence-electron chi connectivity index (χ3n) is 4.31. The molecule has 0 unspecified atom stereocenters. The molecule has 1 aliphatic carbocycles. The molecule has 1 amide bonds. The maximum absolute atomic E-state index is 12.7. The average Bonchev–Trinajstić information content (AvgIpc) is 2.53. The molecular weight excluding hydrogens is 254 g/mol. The Bertz CT molecular complexity index is 486. The van der Waals surface area contributed by atoms with Gasteiger partial charge in [-0.25, -0.2) is 0 Å². The third-order valence-corrected chi connectivity index (χ3v) is 4.31. The quantitative estimate of drug-likeness (QED) is 0.832. The van der Waals surface area contributed by atoms with Crippen molar-refractivity contribution >= 4 is 5.91 Å². The number of amides is 1. The monoisotopic (exact) mass is 275 g/mol. The Labute approximate surface area is 119 Å². The van der Waals surface area contributed by atoms with Crippen LogP contribution in [-0.4, -0.2) is 43.2 Å². The first-order chi connectivity index (χ1) is 9.79. The van der Waals surface area contributed by atoms with Crippen molar-refractivity contribution in [1.29, 1.82) is 0 Å². The van der Waals surface area contributed by atoms with E-state index in [1.54, 1.807) is 7.11 Å². The molecule has 1 saturated heterocycles. The van der Waals surface area contributed by atoms with Gasteiger partial charge in [-0.2, -0.15) is 0 Å². The first-order valence-electron chi connectivity index (χ1n) is 7.36. The number of benzene rings is 1. The topological polar surface area (TPSA) is 38.8 Å². The second-order valence-electron chi connectivity index (χ2n) is 5.49. The summed E-state index contributed by atoms with van der Waals surface area (Å²) in [5, 5.41) is 0. The van der Waals surface area contributed by atoms with Gasteiger partial charge in [-0.3, -0.25) is 4.79 Å². The zero-order chi connectivity index (χ0) is 13.9. The number of carbonyl (C=O) groups excluding carboxylic acids is 1. The van der Waals surface area contributed by atoms with Gasteiger partial charge in [-0.15, -0.1) is 0 Å². The highest BCUT2D eigenvalue weighted by molar-refractivity contribution is 5.95. The smallest absolute Gasteiger partial charge is 0.254 e. The van der Waals surface area contributed by atoms with Gasteiger partial charge in [-0.1, -0.05) is 18.9 Å². The number of fused-ring (bicyclic) bond motifs is 1. The molecule has 4 nitrogen and oxygen atoms in total. The van der Waals surface area contributed by atoms with Crippen LogP contribution in [-0.2, 0) is 4.74 Å². The van der Waals surface area contributed by atoms with Gasteiger partial charge in [0.1, 0.15) is 5.75 Å². The van der Waals surface area contributed by atoms with E-state index in [0.717, 1.165) is 18.6 Å². The van der Waals surface area contributed by atoms with Gasteiger partial charge in [0, 0.05) is 12.1 Å². The van der Waals surface area contributed by atoms with Crippen LogP contribution in [0.3, 0.4) is 0 Å². The summed E-state index contributed by atoms with van der Waals surface area (Å²) < 4.78 is 11.0. The largest absolute Gasteiger partial charge is 0.497 e. The van der Waals surface area contributed by atoms with Gasteiger partial charge < -0.3 is 14.4 Å². The van der Waals surface area contributed by atoms with E-state index in [9.17, 15) is 4.79 Å². The fourth-order valence-corrected chi connectivity index (χ4v) is 3.27. The molecule has 3 rings (SSSR count). The zero-order valence-electron chi connectivity index (χ0n) is 11.9. The van der Waals surface area contributed by atoms with Crippen molar-refractivity contribution in [1.82, 2.24) is 4.90 Å². The lowest BCUT2D eigenvalue weighted by Gasteiger charge is -2.43. The van der Waals surface area contributed by atoms with Crippen LogP contribution in [0, 0.1) is 0 Å². The molecule has 1 aromatic rings. The van der Waals surface area contributed by atoms with E-state index < -0.39 is 0 Å². The minimum Gasteiger partial charge on any atom is -0.497 e. The van der Waals surface area contributed by atoms with E-state index in [-0.39, 0.29) is 18.1 Å². The summed E-state index contributed by atoms with van der Waals surface area (Å²) in [6, 6.07) is 7.65. The molecule has 0 N–H and O–H groups in total. The van der Waals surface area contributed by atoms with Crippen molar-refractivity contribution in [2.75, 3.05) is 20.3 Å². The summed E-state index contributed by atoms with van der Waals surface area (Å²) in [6.07, 6.45) is 4.76. The van der Waals surface area contributed by atoms with Gasteiger partial charge >= 0.3 is 0 Å². The van der Waals surface area contributed by atoms with E-state index in [0.29, 0.717) is 18.7 Å². The van der Waals surface area contributed by atoms with E-state index in [1.807, 2.05) is 29.2 Å². The SMILES string of the molecule is COc1cccc(C(=O)N2CCO[C@@H]3CCCC[C@H]32)c1. The normalized spacial score (nSPS) is 25.9. The Hall–Kier alpha value is -1.55. The molecule has 1 saturated carbocycles. The molecule has 0 bridgehead atoms. The number of nitrogens with zero attached hydrogens (tertiary/aromatic N) is 1. The molecule has 2 aliphatic rings. The highest BCUT2D eigenvalue weighted by Crippen LogP contribution is 2.29. The Kier molecular flexibility index (Phi) is 3.92. The molecule has 20 heavy (non-hydrogen) atoms. The Balaban J connectivity index is 1.81. The summed E-state index contributed by atoms with van der Waals surface area (Å²) >= 11 is 0. The van der Waals surface area contributed by atoms with Crippen LogP contribution in [0.1, 0.15) is 36.0 Å². The Morgan fingerprint density at radius 3 is 3.05 bits per heavy atom. The van der Waals surface area contributed by atoms with Crippen LogP contribution in [0.2, 0.25) is 0 Å². The second-order valence-corrected chi connectivity index (χ2v) is 5.49. The van der Waals surface area contributed by atoms with Crippen molar-refractivity contribution in [3.8, 4) is 5.75 Å². The fraction of sp³-hybridized carbons (Fsp3) is 0.562. The van der Waals surface area contributed by atoms with Crippen LogP contribution in [0.4, 0.5) is 0 Å². The van der Waals surface area contributed by atoms with Crippen molar-refractivity contribution in [2.45, 2.75) is 37.8 Å². The van der Waals surface area contributed by atoms with Gasteiger partial charge in [0.2, 0.25) is 0 Å². The summed E-state index contributed by atoms with van der Waals surface area (Å²) in [5.41, 5.74) is 0.704. The number of methoxy groups -OCH3 is 1. The molecule has 2 fully saturated rings. The third kappa shape index (κ3) is 2.52.